The average molecular weight is 277 g/mol. The standard InChI is InChI=1S/C14H19N3OS/c1-3-19-10-11(2)17-14(18)13-6-8-16-9-12(13)5-4-7-15/h6,8-9,11H,3,7,10,15H2,1-2H3,(H,17,18). The van der Waals surface area contributed by atoms with Gasteiger partial charge in [-0.05, 0) is 18.7 Å². The minimum Gasteiger partial charge on any atom is -0.349 e. The molecular weight excluding hydrogens is 258 g/mol. The fraction of sp³-hybridized carbons (Fsp3) is 0.429. The summed E-state index contributed by atoms with van der Waals surface area (Å²) in [7, 11) is 0. The first kappa shape index (κ1) is 15.5. The SMILES string of the molecule is CCSCC(C)NC(=O)c1ccncc1C#CCN. The lowest BCUT2D eigenvalue weighted by Gasteiger charge is -2.13. The summed E-state index contributed by atoms with van der Waals surface area (Å²) in [6.07, 6.45) is 3.18. The smallest absolute Gasteiger partial charge is 0.252 e. The zero-order valence-electron chi connectivity index (χ0n) is 11.3. The normalized spacial score (nSPS) is 11.3. The quantitative estimate of drug-likeness (QED) is 0.795. The maximum absolute atomic E-state index is 12.2. The molecule has 0 saturated carbocycles. The Morgan fingerprint density at radius 1 is 1.63 bits per heavy atom. The average Bonchev–Trinajstić information content (AvgIpc) is 2.43. The van der Waals surface area contributed by atoms with Crippen LogP contribution in [0.3, 0.4) is 0 Å². The second kappa shape index (κ2) is 8.57. The van der Waals surface area contributed by atoms with E-state index in [1.54, 1.807) is 30.2 Å². The highest BCUT2D eigenvalue weighted by atomic mass is 32.2. The molecule has 0 spiro atoms. The van der Waals surface area contributed by atoms with Gasteiger partial charge < -0.3 is 11.1 Å². The van der Waals surface area contributed by atoms with Gasteiger partial charge in [0, 0.05) is 24.2 Å². The van der Waals surface area contributed by atoms with Crippen molar-refractivity contribution in [1.29, 1.82) is 0 Å². The number of rotatable bonds is 5. The fourth-order valence-electron chi connectivity index (χ4n) is 1.48. The summed E-state index contributed by atoms with van der Waals surface area (Å²) in [5.74, 6) is 7.43. The van der Waals surface area contributed by atoms with Crippen LogP contribution < -0.4 is 11.1 Å². The van der Waals surface area contributed by atoms with Crippen molar-refractivity contribution >= 4 is 17.7 Å². The Bertz CT molecular complexity index is 479. The number of hydrogen-bond acceptors (Lipinski definition) is 4. The summed E-state index contributed by atoms with van der Waals surface area (Å²) >= 11 is 1.80. The van der Waals surface area contributed by atoms with E-state index in [9.17, 15) is 4.79 Å². The van der Waals surface area contributed by atoms with E-state index in [0.29, 0.717) is 11.1 Å². The number of thioether (sulfide) groups is 1. The van der Waals surface area contributed by atoms with E-state index in [-0.39, 0.29) is 18.5 Å². The highest BCUT2D eigenvalue weighted by molar-refractivity contribution is 7.99. The van der Waals surface area contributed by atoms with Crippen LogP contribution in [0.4, 0.5) is 0 Å². The van der Waals surface area contributed by atoms with Crippen molar-refractivity contribution in [2.45, 2.75) is 19.9 Å². The van der Waals surface area contributed by atoms with Gasteiger partial charge in [0.1, 0.15) is 0 Å². The molecule has 1 unspecified atom stereocenters. The lowest BCUT2D eigenvalue weighted by atomic mass is 10.1. The van der Waals surface area contributed by atoms with Gasteiger partial charge in [0.15, 0.2) is 0 Å². The van der Waals surface area contributed by atoms with Crippen LogP contribution >= 0.6 is 11.8 Å². The van der Waals surface area contributed by atoms with E-state index in [0.717, 1.165) is 11.5 Å². The van der Waals surface area contributed by atoms with Crippen LogP contribution in [0.5, 0.6) is 0 Å². The summed E-state index contributed by atoms with van der Waals surface area (Å²) in [4.78, 5) is 16.1. The van der Waals surface area contributed by atoms with Crippen molar-refractivity contribution in [3.63, 3.8) is 0 Å². The predicted molar refractivity (Wildman–Crippen MR) is 80.1 cm³/mol. The van der Waals surface area contributed by atoms with E-state index in [2.05, 4.69) is 29.1 Å². The van der Waals surface area contributed by atoms with Gasteiger partial charge in [0.05, 0.1) is 17.7 Å². The Balaban J connectivity index is 2.76. The zero-order valence-corrected chi connectivity index (χ0v) is 12.1. The Morgan fingerprint density at radius 3 is 3.11 bits per heavy atom. The highest BCUT2D eigenvalue weighted by Crippen LogP contribution is 2.07. The minimum atomic E-state index is -0.118. The Labute approximate surface area is 118 Å². The molecule has 4 nitrogen and oxygen atoms in total. The molecule has 1 rings (SSSR count). The molecule has 1 aromatic rings. The molecule has 0 fully saturated rings. The van der Waals surface area contributed by atoms with E-state index in [1.807, 2.05) is 6.92 Å². The molecule has 0 aliphatic rings. The molecule has 0 radical (unpaired) electrons. The highest BCUT2D eigenvalue weighted by Gasteiger charge is 2.12. The molecule has 1 heterocycles. The van der Waals surface area contributed by atoms with Gasteiger partial charge in [-0.15, -0.1) is 0 Å². The molecule has 19 heavy (non-hydrogen) atoms. The molecule has 0 aromatic carbocycles. The number of nitrogens with two attached hydrogens (primary N) is 1. The van der Waals surface area contributed by atoms with Gasteiger partial charge in [-0.2, -0.15) is 11.8 Å². The Hall–Kier alpha value is -1.51. The van der Waals surface area contributed by atoms with Crippen molar-refractivity contribution in [3.05, 3.63) is 29.6 Å². The zero-order chi connectivity index (χ0) is 14.1. The van der Waals surface area contributed by atoms with Crippen LogP contribution in [0.1, 0.15) is 29.8 Å². The molecule has 1 aromatic heterocycles. The monoisotopic (exact) mass is 277 g/mol. The van der Waals surface area contributed by atoms with Crippen molar-refractivity contribution in [2.24, 2.45) is 5.73 Å². The third-order valence-corrected chi connectivity index (χ3v) is 3.48. The largest absolute Gasteiger partial charge is 0.349 e. The van der Waals surface area contributed by atoms with Crippen LogP contribution in [-0.4, -0.2) is 35.0 Å². The van der Waals surface area contributed by atoms with E-state index >= 15 is 0 Å². The fourth-order valence-corrected chi connectivity index (χ4v) is 2.15. The second-order valence-electron chi connectivity index (χ2n) is 3.96. The number of carbonyl (C=O) groups excluding carboxylic acids is 1. The number of carbonyl (C=O) groups is 1. The maximum Gasteiger partial charge on any atom is 0.252 e. The van der Waals surface area contributed by atoms with E-state index in [1.165, 1.54) is 0 Å². The van der Waals surface area contributed by atoms with Gasteiger partial charge >= 0.3 is 0 Å². The molecule has 3 N–H and O–H groups in total. The molecule has 5 heteroatoms. The lowest BCUT2D eigenvalue weighted by Crippen LogP contribution is -2.34. The predicted octanol–water partition coefficient (Wildman–Crippen LogP) is 1.26. The summed E-state index contributed by atoms with van der Waals surface area (Å²) < 4.78 is 0. The summed E-state index contributed by atoms with van der Waals surface area (Å²) in [5, 5.41) is 2.96. The van der Waals surface area contributed by atoms with Crippen molar-refractivity contribution in [3.8, 4) is 11.8 Å². The van der Waals surface area contributed by atoms with Gasteiger partial charge in [-0.1, -0.05) is 18.8 Å². The Kier molecular flexibility index (Phi) is 7.01. The lowest BCUT2D eigenvalue weighted by molar-refractivity contribution is 0.0943. The Morgan fingerprint density at radius 2 is 2.42 bits per heavy atom. The number of nitrogens with zero attached hydrogens (tertiary/aromatic N) is 1. The van der Waals surface area contributed by atoms with Crippen molar-refractivity contribution < 1.29 is 4.79 Å². The molecule has 102 valence electrons. The molecule has 0 aliphatic heterocycles. The first-order valence-electron chi connectivity index (χ1n) is 6.20. The third kappa shape index (κ3) is 5.33. The second-order valence-corrected chi connectivity index (χ2v) is 5.28. The molecule has 0 saturated heterocycles. The summed E-state index contributed by atoms with van der Waals surface area (Å²) in [6.45, 7) is 4.36. The van der Waals surface area contributed by atoms with Gasteiger partial charge in [0.2, 0.25) is 0 Å². The van der Waals surface area contributed by atoms with Crippen LogP contribution in [0, 0.1) is 11.8 Å². The first-order chi connectivity index (χ1) is 9.19. The van der Waals surface area contributed by atoms with E-state index < -0.39 is 0 Å². The van der Waals surface area contributed by atoms with Crippen LogP contribution in [-0.2, 0) is 0 Å². The molecule has 0 aliphatic carbocycles. The van der Waals surface area contributed by atoms with Gasteiger partial charge in [-0.3, -0.25) is 9.78 Å². The number of aromatic nitrogens is 1. The van der Waals surface area contributed by atoms with Crippen molar-refractivity contribution in [2.75, 3.05) is 18.1 Å². The van der Waals surface area contributed by atoms with Crippen molar-refractivity contribution in [1.82, 2.24) is 10.3 Å². The third-order valence-electron chi connectivity index (χ3n) is 2.34. The van der Waals surface area contributed by atoms with Crippen LogP contribution in [0.2, 0.25) is 0 Å². The molecule has 1 amide bonds. The number of pyridine rings is 1. The van der Waals surface area contributed by atoms with Gasteiger partial charge in [-0.25, -0.2) is 0 Å². The molecular formula is C14H19N3OS. The molecule has 0 bridgehead atoms. The summed E-state index contributed by atoms with van der Waals surface area (Å²) in [5.41, 5.74) is 6.50. The topological polar surface area (TPSA) is 68.0 Å². The number of nitrogens with one attached hydrogen (secondary N) is 1. The number of hydrogen-bond donors (Lipinski definition) is 2. The van der Waals surface area contributed by atoms with Gasteiger partial charge in [0.25, 0.3) is 5.91 Å². The molecule has 1 atom stereocenters. The minimum absolute atomic E-state index is 0.118. The summed E-state index contributed by atoms with van der Waals surface area (Å²) in [6, 6.07) is 1.80. The van der Waals surface area contributed by atoms with E-state index in [4.69, 9.17) is 5.73 Å². The first-order valence-corrected chi connectivity index (χ1v) is 7.36. The number of amides is 1. The van der Waals surface area contributed by atoms with Crippen LogP contribution in [0.25, 0.3) is 0 Å². The van der Waals surface area contributed by atoms with Crippen LogP contribution in [0.15, 0.2) is 18.5 Å². The maximum atomic E-state index is 12.2.